The molecule has 4 rings (SSSR count). The number of halogens is 1. The maximum Gasteiger partial charge on any atom is 0.160 e. The van der Waals surface area contributed by atoms with Gasteiger partial charge in [0.1, 0.15) is 18.7 Å². The second-order valence-corrected chi connectivity index (χ2v) is 12.8. The zero-order valence-electron chi connectivity index (χ0n) is 15.2. The van der Waals surface area contributed by atoms with Gasteiger partial charge >= 0.3 is 0 Å². The second kappa shape index (κ2) is 6.11. The lowest BCUT2D eigenvalue weighted by molar-refractivity contribution is 0.649. The van der Waals surface area contributed by atoms with E-state index in [4.69, 9.17) is 16.0 Å². The van der Waals surface area contributed by atoms with E-state index in [-0.39, 0.29) is 0 Å². The second-order valence-electron chi connectivity index (χ2n) is 7.50. The lowest BCUT2D eigenvalue weighted by Crippen LogP contribution is -2.36. The Labute approximate surface area is 158 Å². The number of benzene rings is 1. The van der Waals surface area contributed by atoms with E-state index in [0.717, 1.165) is 38.7 Å². The van der Waals surface area contributed by atoms with E-state index in [1.54, 1.807) is 4.68 Å². The number of aromatic nitrogens is 3. The van der Waals surface area contributed by atoms with Gasteiger partial charge < -0.3 is 4.42 Å². The monoisotopic (exact) mass is 381 g/mol. The van der Waals surface area contributed by atoms with E-state index >= 15 is 0 Å². The Kier molecular flexibility index (Phi) is 4.01. The van der Waals surface area contributed by atoms with Crippen LogP contribution in [0.3, 0.4) is 0 Å². The summed E-state index contributed by atoms with van der Waals surface area (Å²) in [7, 11) is 0.284. The molecule has 0 spiro atoms. The number of fused-ring (bicyclic) bond motifs is 1. The maximum atomic E-state index is 6.65. The number of nitrogens with zero attached hydrogens (tertiary/aromatic N) is 3. The smallest absolute Gasteiger partial charge is 0.160 e. The zero-order valence-corrected chi connectivity index (χ0v) is 17.0. The molecular weight excluding hydrogens is 362 g/mol. The highest BCUT2D eigenvalue weighted by Gasteiger charge is 2.26. The van der Waals surface area contributed by atoms with Gasteiger partial charge in [-0.3, -0.25) is 4.68 Å². The molecule has 6 heteroatoms. The van der Waals surface area contributed by atoms with Crippen molar-refractivity contribution in [1.82, 2.24) is 14.8 Å². The van der Waals surface area contributed by atoms with Crippen LogP contribution in [-0.4, -0.2) is 22.8 Å². The van der Waals surface area contributed by atoms with Crippen molar-refractivity contribution < 1.29 is 4.42 Å². The van der Waals surface area contributed by atoms with Gasteiger partial charge in [0.15, 0.2) is 5.58 Å². The molecule has 0 amide bonds. The molecule has 0 unspecified atom stereocenters. The lowest BCUT2D eigenvalue weighted by Gasteiger charge is -2.12. The summed E-state index contributed by atoms with van der Waals surface area (Å²) in [5.74, 6) is 0. The first-order chi connectivity index (χ1) is 12.3. The first-order valence-electron chi connectivity index (χ1n) is 8.52. The first kappa shape index (κ1) is 17.1. The summed E-state index contributed by atoms with van der Waals surface area (Å²) < 4.78 is 8.13. The molecule has 0 radical (unpaired) electrons. The Bertz CT molecular complexity index is 1090. The maximum absolute atomic E-state index is 6.65. The molecule has 0 saturated carbocycles. The molecular formula is C20H20ClN3OSi. The Morgan fingerprint density at radius 2 is 1.77 bits per heavy atom. The van der Waals surface area contributed by atoms with Gasteiger partial charge in [-0.15, -0.1) is 0 Å². The summed E-state index contributed by atoms with van der Waals surface area (Å²) in [6.45, 7) is 6.77. The van der Waals surface area contributed by atoms with Gasteiger partial charge in [-0.05, 0) is 5.56 Å². The number of pyridine rings is 1. The molecule has 0 fully saturated rings. The van der Waals surface area contributed by atoms with E-state index in [1.807, 2.05) is 55.8 Å². The van der Waals surface area contributed by atoms with Crippen LogP contribution in [0.4, 0.5) is 0 Å². The topological polar surface area (TPSA) is 43.9 Å². The Hall–Kier alpha value is -2.37. The molecule has 4 aromatic rings. The van der Waals surface area contributed by atoms with Crippen LogP contribution >= 0.6 is 11.6 Å². The molecule has 0 aliphatic carbocycles. The summed E-state index contributed by atoms with van der Waals surface area (Å²) in [5.41, 5.74) is 5.38. The fraction of sp³-hybridized carbons (Fsp3) is 0.200. The fourth-order valence-corrected chi connectivity index (χ4v) is 4.36. The third kappa shape index (κ3) is 2.87. The van der Waals surface area contributed by atoms with Gasteiger partial charge in [-0.25, -0.2) is 4.98 Å². The Morgan fingerprint density at radius 3 is 2.38 bits per heavy atom. The van der Waals surface area contributed by atoms with Gasteiger partial charge in [-0.1, -0.05) is 61.6 Å². The Balaban J connectivity index is 2.11. The summed E-state index contributed by atoms with van der Waals surface area (Å²) in [5, 5.41) is 5.84. The molecule has 4 nitrogen and oxygen atoms in total. The van der Waals surface area contributed by atoms with Crippen LogP contribution in [0, 0.1) is 0 Å². The fourth-order valence-electron chi connectivity index (χ4n) is 3.09. The highest BCUT2D eigenvalue weighted by atomic mass is 35.5. The molecule has 0 atom stereocenters. The van der Waals surface area contributed by atoms with E-state index in [2.05, 4.69) is 29.7 Å². The molecule has 3 aromatic heterocycles. The van der Waals surface area contributed by atoms with Crippen LogP contribution in [0.25, 0.3) is 33.4 Å². The van der Waals surface area contributed by atoms with E-state index in [1.165, 1.54) is 0 Å². The van der Waals surface area contributed by atoms with Gasteiger partial charge in [-0.2, -0.15) is 5.10 Å². The van der Waals surface area contributed by atoms with Crippen molar-refractivity contribution in [3.63, 3.8) is 0 Å². The number of rotatable bonds is 3. The number of aryl methyl sites for hydroxylation is 1. The lowest BCUT2D eigenvalue weighted by atomic mass is 9.97. The number of hydrogen-bond acceptors (Lipinski definition) is 3. The average Bonchev–Trinajstić information content (AvgIpc) is 3.20. The minimum atomic E-state index is -1.62. The quantitative estimate of drug-likeness (QED) is 0.366. The molecule has 0 aliphatic rings. The van der Waals surface area contributed by atoms with E-state index in [0.29, 0.717) is 5.15 Å². The minimum Gasteiger partial charge on any atom is -0.464 e. The van der Waals surface area contributed by atoms with Gasteiger partial charge in [0.05, 0.1) is 11.6 Å². The normalized spacial score (nSPS) is 12.0. The highest BCUT2D eigenvalue weighted by molar-refractivity contribution is 6.87. The summed E-state index contributed by atoms with van der Waals surface area (Å²) in [4.78, 5) is 4.65. The van der Waals surface area contributed by atoms with Gasteiger partial charge in [0.25, 0.3) is 0 Å². The van der Waals surface area contributed by atoms with Crippen molar-refractivity contribution in [2.24, 2.45) is 7.05 Å². The largest absolute Gasteiger partial charge is 0.464 e. The van der Waals surface area contributed by atoms with E-state index in [9.17, 15) is 0 Å². The predicted molar refractivity (Wildman–Crippen MR) is 110 cm³/mol. The third-order valence-electron chi connectivity index (χ3n) is 4.41. The van der Waals surface area contributed by atoms with Crippen LogP contribution in [0.2, 0.25) is 24.8 Å². The number of hydrogen-bond donors (Lipinski definition) is 0. The zero-order chi connectivity index (χ0) is 18.5. The summed E-state index contributed by atoms with van der Waals surface area (Å²) in [6, 6.07) is 12.1. The third-order valence-corrected chi connectivity index (χ3v) is 6.41. The van der Waals surface area contributed by atoms with E-state index < -0.39 is 8.07 Å². The van der Waals surface area contributed by atoms with Crippen LogP contribution < -0.4 is 5.38 Å². The van der Waals surface area contributed by atoms with Gasteiger partial charge in [0, 0.05) is 36.0 Å². The van der Waals surface area contributed by atoms with Crippen molar-refractivity contribution >= 4 is 36.2 Å². The van der Waals surface area contributed by atoms with Crippen molar-refractivity contribution in [3.05, 3.63) is 53.9 Å². The van der Waals surface area contributed by atoms with Crippen molar-refractivity contribution in [2.45, 2.75) is 19.6 Å². The van der Waals surface area contributed by atoms with Crippen molar-refractivity contribution in [3.8, 4) is 22.3 Å². The SMILES string of the molecule is Cn1cc(-c2c(-c3ccccc3)c(Cl)nc3cc([Si](C)(C)C)oc23)cn1. The van der Waals surface area contributed by atoms with Crippen LogP contribution in [0.15, 0.2) is 53.2 Å². The Morgan fingerprint density at radius 1 is 1.04 bits per heavy atom. The molecule has 1 aromatic carbocycles. The standard InChI is InChI=1S/C20H20ClN3OSi/c1-24-12-14(11-22-24)17-18(13-8-6-5-7-9-13)20(21)23-15-10-16(25-19(15)17)26(2,3)4/h5-12H,1-4H3. The molecule has 26 heavy (non-hydrogen) atoms. The minimum absolute atomic E-state index is 0.477. The number of furan rings is 1. The molecule has 0 bridgehead atoms. The molecule has 0 saturated heterocycles. The van der Waals surface area contributed by atoms with Crippen LogP contribution in [-0.2, 0) is 7.05 Å². The molecule has 0 aliphatic heterocycles. The molecule has 0 N–H and O–H groups in total. The van der Waals surface area contributed by atoms with Crippen molar-refractivity contribution in [1.29, 1.82) is 0 Å². The first-order valence-corrected chi connectivity index (χ1v) is 12.4. The van der Waals surface area contributed by atoms with Crippen LogP contribution in [0.5, 0.6) is 0 Å². The molecule has 3 heterocycles. The summed E-state index contributed by atoms with van der Waals surface area (Å²) in [6.07, 6.45) is 3.82. The molecule has 132 valence electrons. The van der Waals surface area contributed by atoms with Crippen molar-refractivity contribution in [2.75, 3.05) is 0 Å². The van der Waals surface area contributed by atoms with Gasteiger partial charge in [0.2, 0.25) is 0 Å². The van der Waals surface area contributed by atoms with Crippen LogP contribution in [0.1, 0.15) is 0 Å². The highest BCUT2D eigenvalue weighted by Crippen LogP contribution is 2.41. The predicted octanol–water partition coefficient (Wildman–Crippen LogP) is 5.09. The summed E-state index contributed by atoms with van der Waals surface area (Å²) >= 11 is 6.65. The average molecular weight is 382 g/mol.